The Hall–Kier alpha value is -1.75. The van der Waals surface area contributed by atoms with Crippen molar-refractivity contribution in [2.24, 2.45) is 5.92 Å². The molecule has 1 saturated carbocycles. The van der Waals surface area contributed by atoms with Crippen LogP contribution in [0.2, 0.25) is 10.0 Å². The summed E-state index contributed by atoms with van der Waals surface area (Å²) in [5.74, 6) is 0.932. The molecule has 0 saturated heterocycles. The van der Waals surface area contributed by atoms with E-state index >= 15 is 0 Å². The highest BCUT2D eigenvalue weighted by molar-refractivity contribution is 6.35. The largest absolute Gasteiger partial charge is 0.495 e. The lowest BCUT2D eigenvalue weighted by molar-refractivity contribution is -0.122. The monoisotopic (exact) mass is 392 g/mol. The van der Waals surface area contributed by atoms with Crippen molar-refractivity contribution in [3.8, 4) is 5.75 Å². The Morgan fingerprint density at radius 3 is 2.69 bits per heavy atom. The first-order valence-electron chi connectivity index (χ1n) is 8.69. The van der Waals surface area contributed by atoms with Crippen LogP contribution in [-0.2, 0) is 17.9 Å². The average Bonchev–Trinajstić information content (AvgIpc) is 2.53. The number of methoxy groups -OCH3 is 1. The molecule has 1 fully saturated rings. The van der Waals surface area contributed by atoms with Crippen LogP contribution >= 0.6 is 23.2 Å². The van der Waals surface area contributed by atoms with Crippen molar-refractivity contribution in [2.45, 2.75) is 32.4 Å². The normalized spacial score (nSPS) is 14.0. The molecule has 2 aromatic carbocycles. The fraction of sp³-hybridized carbons (Fsp3) is 0.350. The highest BCUT2D eigenvalue weighted by Gasteiger charge is 2.25. The van der Waals surface area contributed by atoms with Gasteiger partial charge in [0.25, 0.3) is 0 Å². The number of carbonyl (C=O) groups excluding carboxylic acids is 1. The Morgan fingerprint density at radius 2 is 2.00 bits per heavy atom. The summed E-state index contributed by atoms with van der Waals surface area (Å²) in [4.78, 5) is 12.1. The summed E-state index contributed by atoms with van der Waals surface area (Å²) < 4.78 is 5.36. The van der Waals surface area contributed by atoms with Gasteiger partial charge in [0.05, 0.1) is 12.1 Å². The lowest BCUT2D eigenvalue weighted by Crippen LogP contribution is -2.28. The molecule has 1 aliphatic rings. The zero-order valence-electron chi connectivity index (χ0n) is 14.6. The van der Waals surface area contributed by atoms with Gasteiger partial charge in [-0.3, -0.25) is 4.79 Å². The molecule has 6 heteroatoms. The van der Waals surface area contributed by atoms with Crippen LogP contribution in [0.5, 0.6) is 5.75 Å². The molecule has 0 atom stereocenters. The van der Waals surface area contributed by atoms with Gasteiger partial charge in [-0.25, -0.2) is 0 Å². The molecule has 0 aliphatic heterocycles. The number of hydrogen-bond donors (Lipinski definition) is 2. The molecule has 3 rings (SSSR count). The molecule has 26 heavy (non-hydrogen) atoms. The molecule has 0 bridgehead atoms. The summed E-state index contributed by atoms with van der Waals surface area (Å²) in [6.45, 7) is 1.22. The summed E-state index contributed by atoms with van der Waals surface area (Å²) in [5, 5.41) is 7.44. The van der Waals surface area contributed by atoms with Gasteiger partial charge >= 0.3 is 0 Å². The molecule has 2 aromatic rings. The average molecular weight is 393 g/mol. The van der Waals surface area contributed by atoms with E-state index in [-0.39, 0.29) is 11.8 Å². The minimum absolute atomic E-state index is 0.125. The van der Waals surface area contributed by atoms with E-state index in [9.17, 15) is 4.79 Å². The smallest absolute Gasteiger partial charge is 0.227 e. The second-order valence-electron chi connectivity index (χ2n) is 6.50. The van der Waals surface area contributed by atoms with Gasteiger partial charge in [-0.05, 0) is 42.7 Å². The zero-order chi connectivity index (χ0) is 18.5. The number of anilines is 1. The molecule has 2 N–H and O–H groups in total. The summed E-state index contributed by atoms with van der Waals surface area (Å²) in [7, 11) is 1.59. The van der Waals surface area contributed by atoms with Crippen LogP contribution in [0.15, 0.2) is 36.4 Å². The van der Waals surface area contributed by atoms with Crippen molar-refractivity contribution in [3.63, 3.8) is 0 Å². The third-order valence-electron chi connectivity index (χ3n) is 4.60. The third-order valence-corrected chi connectivity index (χ3v) is 5.10. The van der Waals surface area contributed by atoms with Crippen molar-refractivity contribution in [2.75, 3.05) is 12.4 Å². The Kier molecular flexibility index (Phi) is 6.41. The third kappa shape index (κ3) is 4.70. The first-order chi connectivity index (χ1) is 12.6. The molecular formula is C20H22Cl2N2O2. The molecule has 0 spiro atoms. The minimum atomic E-state index is 0.125. The zero-order valence-corrected chi connectivity index (χ0v) is 16.2. The number of halogens is 2. The Labute approximate surface area is 163 Å². The number of amides is 1. The number of benzene rings is 2. The van der Waals surface area contributed by atoms with Crippen molar-refractivity contribution < 1.29 is 9.53 Å². The Balaban J connectivity index is 1.58. The second kappa shape index (κ2) is 8.76. The van der Waals surface area contributed by atoms with E-state index in [0.29, 0.717) is 28.9 Å². The summed E-state index contributed by atoms with van der Waals surface area (Å²) in [6.07, 6.45) is 3.15. The maximum absolute atomic E-state index is 12.1. The van der Waals surface area contributed by atoms with Crippen LogP contribution in [-0.4, -0.2) is 13.0 Å². The van der Waals surface area contributed by atoms with Crippen molar-refractivity contribution in [3.05, 3.63) is 57.6 Å². The summed E-state index contributed by atoms with van der Waals surface area (Å²) in [5.41, 5.74) is 2.83. The Morgan fingerprint density at radius 1 is 1.19 bits per heavy atom. The molecule has 0 heterocycles. The molecule has 0 radical (unpaired) electrons. The molecule has 0 unspecified atom stereocenters. The maximum atomic E-state index is 12.1. The molecule has 0 aromatic heterocycles. The Bertz CT molecular complexity index is 791. The second-order valence-corrected chi connectivity index (χ2v) is 7.34. The van der Waals surface area contributed by atoms with Gasteiger partial charge in [0.1, 0.15) is 5.75 Å². The molecule has 1 amide bonds. The molecule has 1 aliphatic carbocycles. The number of rotatable bonds is 7. The van der Waals surface area contributed by atoms with Crippen LogP contribution in [0.1, 0.15) is 30.4 Å². The van der Waals surface area contributed by atoms with E-state index in [2.05, 4.69) is 10.6 Å². The predicted molar refractivity (Wildman–Crippen MR) is 106 cm³/mol. The lowest BCUT2D eigenvalue weighted by atomic mass is 9.85. The van der Waals surface area contributed by atoms with E-state index in [0.717, 1.165) is 36.1 Å². The minimum Gasteiger partial charge on any atom is -0.495 e. The van der Waals surface area contributed by atoms with E-state index in [4.69, 9.17) is 27.9 Å². The van der Waals surface area contributed by atoms with Crippen LogP contribution in [0.25, 0.3) is 0 Å². The number of carbonyl (C=O) groups is 1. The summed E-state index contributed by atoms with van der Waals surface area (Å²) in [6, 6.07) is 11.4. The van der Waals surface area contributed by atoms with Crippen LogP contribution < -0.4 is 15.4 Å². The number of nitrogens with one attached hydrogen (secondary N) is 2. The van der Waals surface area contributed by atoms with E-state index in [1.807, 2.05) is 30.3 Å². The predicted octanol–water partition coefficient (Wildman–Crippen LogP) is 5.03. The van der Waals surface area contributed by atoms with Gasteiger partial charge in [-0.1, -0.05) is 41.8 Å². The van der Waals surface area contributed by atoms with Crippen molar-refractivity contribution in [1.82, 2.24) is 5.32 Å². The first kappa shape index (κ1) is 19.0. The van der Waals surface area contributed by atoms with Gasteiger partial charge in [0.15, 0.2) is 0 Å². The van der Waals surface area contributed by atoms with Gasteiger partial charge in [-0.15, -0.1) is 0 Å². The molecule has 138 valence electrons. The van der Waals surface area contributed by atoms with E-state index < -0.39 is 0 Å². The van der Waals surface area contributed by atoms with Gasteiger partial charge in [0, 0.05) is 35.3 Å². The van der Waals surface area contributed by atoms with Crippen molar-refractivity contribution in [1.29, 1.82) is 0 Å². The number of ether oxygens (including phenoxy) is 1. The van der Waals surface area contributed by atoms with E-state index in [1.165, 1.54) is 0 Å². The van der Waals surface area contributed by atoms with Gasteiger partial charge < -0.3 is 15.4 Å². The first-order valence-corrected chi connectivity index (χ1v) is 9.45. The summed E-state index contributed by atoms with van der Waals surface area (Å²) >= 11 is 12.2. The van der Waals surface area contributed by atoms with Crippen molar-refractivity contribution >= 4 is 34.8 Å². The molecular weight excluding hydrogens is 371 g/mol. The highest BCUT2D eigenvalue weighted by Crippen LogP contribution is 2.32. The lowest BCUT2D eigenvalue weighted by Gasteiger charge is -2.24. The quantitative estimate of drug-likeness (QED) is 0.694. The fourth-order valence-electron chi connectivity index (χ4n) is 2.99. The van der Waals surface area contributed by atoms with E-state index in [1.54, 1.807) is 13.2 Å². The standard InChI is InChI=1S/C20H22Cl2N2O2/c1-26-19-15(9-16(21)10-18(19)22)12-23-11-13-4-2-7-17(8-13)24-20(25)14-5-3-6-14/h2,4,7-10,14,23H,3,5-6,11-12H2,1H3,(H,24,25). The highest BCUT2D eigenvalue weighted by atomic mass is 35.5. The fourth-order valence-corrected chi connectivity index (χ4v) is 3.60. The maximum Gasteiger partial charge on any atom is 0.227 e. The van der Waals surface area contributed by atoms with Gasteiger partial charge in [-0.2, -0.15) is 0 Å². The number of hydrogen-bond acceptors (Lipinski definition) is 3. The molecule has 4 nitrogen and oxygen atoms in total. The van der Waals surface area contributed by atoms with Crippen LogP contribution in [0, 0.1) is 5.92 Å². The SMILES string of the molecule is COc1c(Cl)cc(Cl)cc1CNCc1cccc(NC(=O)C2CCC2)c1. The van der Waals surface area contributed by atoms with Gasteiger partial charge in [0.2, 0.25) is 5.91 Å². The van der Waals surface area contributed by atoms with Crippen LogP contribution in [0.3, 0.4) is 0 Å². The topological polar surface area (TPSA) is 50.4 Å². The van der Waals surface area contributed by atoms with Crippen LogP contribution in [0.4, 0.5) is 5.69 Å².